The number of allylic oxidation sites excluding steroid dienone is 6. The van der Waals surface area contributed by atoms with Crippen molar-refractivity contribution in [3.8, 4) is 0 Å². The Bertz CT molecular complexity index is 639. The second-order valence-corrected chi connectivity index (χ2v) is 12.3. The molecular formula is C39H72O4. The predicted octanol–water partition coefficient (Wildman–Crippen LogP) is 11.8. The lowest BCUT2D eigenvalue weighted by Gasteiger charge is -2.16. The lowest BCUT2D eigenvalue weighted by atomic mass is 10.0. The van der Waals surface area contributed by atoms with Crippen LogP contribution in [-0.2, 0) is 14.3 Å². The Balaban J connectivity index is 3.45. The lowest BCUT2D eigenvalue weighted by molar-refractivity contribution is -0.154. The summed E-state index contributed by atoms with van der Waals surface area (Å²) >= 11 is 0. The largest absolute Gasteiger partial charge is 0.457 e. The van der Waals surface area contributed by atoms with Crippen LogP contribution in [0.5, 0.6) is 0 Å². The molecule has 0 bridgehead atoms. The molecule has 43 heavy (non-hydrogen) atoms. The number of hydrogen-bond acceptors (Lipinski definition) is 4. The Morgan fingerprint density at radius 1 is 0.581 bits per heavy atom. The molecule has 0 fully saturated rings. The molecule has 0 rings (SSSR count). The van der Waals surface area contributed by atoms with Crippen molar-refractivity contribution in [1.82, 2.24) is 0 Å². The summed E-state index contributed by atoms with van der Waals surface area (Å²) in [5.74, 6) is -0.210. The first-order valence-corrected chi connectivity index (χ1v) is 18.6. The van der Waals surface area contributed by atoms with Gasteiger partial charge in [0.2, 0.25) is 0 Å². The van der Waals surface area contributed by atoms with Gasteiger partial charge >= 0.3 is 5.97 Å². The molecular weight excluding hydrogens is 532 g/mol. The number of rotatable bonds is 34. The first kappa shape index (κ1) is 41.6. The van der Waals surface area contributed by atoms with Crippen molar-refractivity contribution in [2.75, 3.05) is 19.8 Å². The van der Waals surface area contributed by atoms with Crippen molar-refractivity contribution in [3.05, 3.63) is 36.5 Å². The molecule has 0 aromatic carbocycles. The monoisotopic (exact) mass is 605 g/mol. The van der Waals surface area contributed by atoms with E-state index in [2.05, 4.69) is 50.3 Å². The van der Waals surface area contributed by atoms with E-state index in [1.165, 1.54) is 122 Å². The molecule has 0 aromatic rings. The number of ether oxygens (including phenoxy) is 2. The molecule has 0 aromatic heterocycles. The Morgan fingerprint density at radius 3 is 1.58 bits per heavy atom. The van der Waals surface area contributed by atoms with Crippen LogP contribution >= 0.6 is 0 Å². The van der Waals surface area contributed by atoms with Gasteiger partial charge < -0.3 is 14.6 Å². The average Bonchev–Trinajstić information content (AvgIpc) is 3.01. The van der Waals surface area contributed by atoms with Gasteiger partial charge in [0.1, 0.15) is 6.10 Å². The molecule has 0 saturated heterocycles. The maximum atomic E-state index is 12.1. The quantitative estimate of drug-likeness (QED) is 0.0451. The van der Waals surface area contributed by atoms with Gasteiger partial charge in [0.25, 0.3) is 0 Å². The second kappa shape index (κ2) is 36.8. The highest BCUT2D eigenvalue weighted by Crippen LogP contribution is 2.14. The fourth-order valence-electron chi connectivity index (χ4n) is 5.22. The number of hydrogen-bond donors (Lipinski definition) is 1. The van der Waals surface area contributed by atoms with Crippen LogP contribution in [0.2, 0.25) is 0 Å². The fraction of sp³-hybridized carbons (Fsp3) is 0.821. The van der Waals surface area contributed by atoms with Gasteiger partial charge in [-0.1, -0.05) is 166 Å². The van der Waals surface area contributed by atoms with Crippen LogP contribution in [0.15, 0.2) is 36.5 Å². The second-order valence-electron chi connectivity index (χ2n) is 12.3. The van der Waals surface area contributed by atoms with E-state index in [9.17, 15) is 9.90 Å². The molecule has 0 amide bonds. The Kier molecular flexibility index (Phi) is 35.6. The van der Waals surface area contributed by atoms with Crippen LogP contribution in [-0.4, -0.2) is 37.0 Å². The highest BCUT2D eigenvalue weighted by molar-refractivity contribution is 5.69. The van der Waals surface area contributed by atoms with E-state index in [4.69, 9.17) is 9.47 Å². The van der Waals surface area contributed by atoms with Crippen LogP contribution in [0.25, 0.3) is 0 Å². The summed E-state index contributed by atoms with van der Waals surface area (Å²) in [6, 6.07) is 0. The zero-order chi connectivity index (χ0) is 31.3. The van der Waals surface area contributed by atoms with Crippen LogP contribution < -0.4 is 0 Å². The van der Waals surface area contributed by atoms with Crippen LogP contribution in [0, 0.1) is 0 Å². The summed E-state index contributed by atoms with van der Waals surface area (Å²) in [4.78, 5) is 12.1. The van der Waals surface area contributed by atoms with Crippen molar-refractivity contribution in [2.45, 2.75) is 187 Å². The van der Waals surface area contributed by atoms with Crippen LogP contribution in [0.1, 0.15) is 181 Å². The highest BCUT2D eigenvalue weighted by Gasteiger charge is 2.13. The molecule has 4 nitrogen and oxygen atoms in total. The van der Waals surface area contributed by atoms with Crippen molar-refractivity contribution < 1.29 is 19.4 Å². The van der Waals surface area contributed by atoms with E-state index in [1.807, 2.05) is 0 Å². The minimum Gasteiger partial charge on any atom is -0.457 e. The number of aliphatic hydroxyl groups is 1. The normalized spacial score (nSPS) is 12.7. The third-order valence-corrected chi connectivity index (χ3v) is 7.98. The molecule has 0 radical (unpaired) electrons. The molecule has 0 aliphatic rings. The summed E-state index contributed by atoms with van der Waals surface area (Å²) in [5.41, 5.74) is 0. The molecule has 1 N–H and O–H groups in total. The minimum absolute atomic E-state index is 0.174. The number of esters is 1. The van der Waals surface area contributed by atoms with Crippen LogP contribution in [0.4, 0.5) is 0 Å². The van der Waals surface area contributed by atoms with E-state index >= 15 is 0 Å². The van der Waals surface area contributed by atoms with Gasteiger partial charge in [-0.05, 0) is 44.9 Å². The summed E-state index contributed by atoms with van der Waals surface area (Å²) < 4.78 is 11.1. The van der Waals surface area contributed by atoms with E-state index in [-0.39, 0.29) is 12.6 Å². The lowest BCUT2D eigenvalue weighted by Crippen LogP contribution is -2.27. The van der Waals surface area contributed by atoms with Gasteiger partial charge in [-0.3, -0.25) is 4.79 Å². The van der Waals surface area contributed by atoms with Crippen molar-refractivity contribution in [3.63, 3.8) is 0 Å². The molecule has 0 heterocycles. The van der Waals surface area contributed by atoms with Gasteiger partial charge in [-0.2, -0.15) is 0 Å². The maximum absolute atomic E-state index is 12.1. The zero-order valence-corrected chi connectivity index (χ0v) is 28.7. The smallest absolute Gasteiger partial charge is 0.306 e. The maximum Gasteiger partial charge on any atom is 0.306 e. The summed E-state index contributed by atoms with van der Waals surface area (Å²) in [5, 5.41) is 9.55. The first-order chi connectivity index (χ1) is 21.2. The Labute approximate surface area is 268 Å². The van der Waals surface area contributed by atoms with Gasteiger partial charge in [-0.15, -0.1) is 0 Å². The van der Waals surface area contributed by atoms with E-state index < -0.39 is 6.10 Å². The molecule has 1 atom stereocenters. The third kappa shape index (κ3) is 35.0. The summed E-state index contributed by atoms with van der Waals surface area (Å²) in [6.07, 6.45) is 44.7. The SMILES string of the molecule is CC/C=C\C/C=C\C/C=C\CCCCCCCCCC(=O)OC(CO)COCCCCCCCCCCCCCCCC. The van der Waals surface area contributed by atoms with Gasteiger partial charge in [-0.25, -0.2) is 0 Å². The topological polar surface area (TPSA) is 55.8 Å². The van der Waals surface area contributed by atoms with Crippen LogP contribution in [0.3, 0.4) is 0 Å². The highest BCUT2D eigenvalue weighted by atomic mass is 16.6. The fourth-order valence-corrected chi connectivity index (χ4v) is 5.22. The van der Waals surface area contributed by atoms with E-state index in [1.54, 1.807) is 0 Å². The van der Waals surface area contributed by atoms with Gasteiger partial charge in [0, 0.05) is 13.0 Å². The molecule has 0 aliphatic carbocycles. The van der Waals surface area contributed by atoms with Gasteiger partial charge in [0.05, 0.1) is 13.2 Å². The third-order valence-electron chi connectivity index (χ3n) is 7.98. The minimum atomic E-state index is -0.535. The molecule has 1 unspecified atom stereocenters. The Hall–Kier alpha value is -1.39. The van der Waals surface area contributed by atoms with E-state index in [0.717, 1.165) is 38.5 Å². The number of carbonyl (C=O) groups excluding carboxylic acids is 1. The number of unbranched alkanes of at least 4 members (excludes halogenated alkanes) is 20. The van der Waals surface area contributed by atoms with Crippen molar-refractivity contribution in [1.29, 1.82) is 0 Å². The molecule has 0 spiro atoms. The van der Waals surface area contributed by atoms with Crippen molar-refractivity contribution >= 4 is 5.97 Å². The summed E-state index contributed by atoms with van der Waals surface area (Å²) in [7, 11) is 0. The molecule has 4 heteroatoms. The van der Waals surface area contributed by atoms with E-state index in [0.29, 0.717) is 19.6 Å². The predicted molar refractivity (Wildman–Crippen MR) is 187 cm³/mol. The zero-order valence-electron chi connectivity index (χ0n) is 28.7. The molecule has 0 saturated carbocycles. The van der Waals surface area contributed by atoms with Crippen molar-refractivity contribution in [2.24, 2.45) is 0 Å². The molecule has 252 valence electrons. The average molecular weight is 605 g/mol. The standard InChI is InChI=1S/C39H72O4/c1-3-5-7-9-11-13-15-17-19-20-21-22-24-26-28-30-32-34-39(41)43-38(36-40)37-42-35-33-31-29-27-25-23-18-16-14-12-10-8-6-4-2/h5,7,11,13,17,19,38,40H,3-4,6,8-10,12,14-16,18,20-37H2,1-2H3/b7-5-,13-11-,19-17-. The first-order valence-electron chi connectivity index (χ1n) is 18.6. The number of carbonyl (C=O) groups is 1. The number of aliphatic hydroxyl groups excluding tert-OH is 1. The van der Waals surface area contributed by atoms with Gasteiger partial charge in [0.15, 0.2) is 0 Å². The summed E-state index contributed by atoms with van der Waals surface area (Å²) in [6.45, 7) is 5.24. The Morgan fingerprint density at radius 2 is 1.05 bits per heavy atom. The molecule has 0 aliphatic heterocycles.